The van der Waals surface area contributed by atoms with E-state index in [0.29, 0.717) is 19.2 Å². The molecular formula is C20H32N4O3. The first-order valence-corrected chi connectivity index (χ1v) is 10.2. The molecule has 2 unspecified atom stereocenters. The molecule has 27 heavy (non-hydrogen) atoms. The molecule has 2 saturated heterocycles. The number of hydrogen-bond donors (Lipinski definition) is 1. The minimum absolute atomic E-state index is 0.151. The molecule has 7 heteroatoms. The third-order valence-electron chi connectivity index (χ3n) is 5.28. The highest BCUT2D eigenvalue weighted by molar-refractivity contribution is 5.83. The quantitative estimate of drug-likeness (QED) is 0.606. The van der Waals surface area contributed by atoms with Gasteiger partial charge >= 0.3 is 0 Å². The Hall–Kier alpha value is -2.02. The minimum atomic E-state index is -0.226. The number of carbonyl (C=O) groups excluding carboxylic acids is 1. The van der Waals surface area contributed by atoms with E-state index in [9.17, 15) is 4.79 Å². The number of amides is 1. The number of piperazine rings is 1. The number of nitrogens with zero attached hydrogens (tertiary/aromatic N) is 3. The lowest BCUT2D eigenvalue weighted by Crippen LogP contribution is -2.56. The standard InChI is InChI=1S/C20H32N4O3/c1-3-16(2)22-20(21-9-8-17-6-4-14-26-17)24-12-10-23(11-13-24)19(25)18-7-5-15-27-18/h4,6,14,16,18H,3,5,7-13,15H2,1-2H3,(H,21,22). The van der Waals surface area contributed by atoms with Gasteiger partial charge in [0, 0.05) is 51.8 Å². The Morgan fingerprint density at radius 3 is 2.74 bits per heavy atom. The third-order valence-corrected chi connectivity index (χ3v) is 5.28. The average molecular weight is 377 g/mol. The molecule has 7 nitrogen and oxygen atoms in total. The molecule has 3 heterocycles. The first kappa shape index (κ1) is 19.7. The van der Waals surface area contributed by atoms with E-state index in [2.05, 4.69) is 24.1 Å². The van der Waals surface area contributed by atoms with E-state index in [1.807, 2.05) is 17.0 Å². The number of guanidine groups is 1. The van der Waals surface area contributed by atoms with Crippen molar-refractivity contribution in [1.82, 2.24) is 15.1 Å². The van der Waals surface area contributed by atoms with Crippen LogP contribution in [0.2, 0.25) is 0 Å². The molecule has 0 aromatic carbocycles. The maximum Gasteiger partial charge on any atom is 0.251 e. The molecule has 1 aromatic rings. The van der Waals surface area contributed by atoms with E-state index in [4.69, 9.17) is 14.1 Å². The predicted molar refractivity (Wildman–Crippen MR) is 105 cm³/mol. The molecule has 1 amide bonds. The highest BCUT2D eigenvalue weighted by atomic mass is 16.5. The first-order valence-electron chi connectivity index (χ1n) is 10.2. The van der Waals surface area contributed by atoms with E-state index in [1.54, 1.807) is 6.26 Å². The molecule has 2 fully saturated rings. The Labute approximate surface area is 161 Å². The van der Waals surface area contributed by atoms with Crippen LogP contribution >= 0.6 is 0 Å². The Morgan fingerprint density at radius 2 is 2.11 bits per heavy atom. The van der Waals surface area contributed by atoms with E-state index >= 15 is 0 Å². The lowest BCUT2D eigenvalue weighted by atomic mass is 10.2. The van der Waals surface area contributed by atoms with Gasteiger partial charge in [-0.25, -0.2) is 0 Å². The monoisotopic (exact) mass is 376 g/mol. The van der Waals surface area contributed by atoms with Gasteiger partial charge < -0.3 is 24.3 Å². The molecule has 2 aliphatic heterocycles. The molecule has 0 radical (unpaired) electrons. The van der Waals surface area contributed by atoms with Crippen molar-refractivity contribution >= 4 is 11.9 Å². The molecule has 0 saturated carbocycles. The number of ether oxygens (including phenoxy) is 1. The fourth-order valence-corrected chi connectivity index (χ4v) is 3.40. The van der Waals surface area contributed by atoms with Gasteiger partial charge in [0.25, 0.3) is 5.91 Å². The van der Waals surface area contributed by atoms with Crippen molar-refractivity contribution in [1.29, 1.82) is 0 Å². The Morgan fingerprint density at radius 1 is 1.33 bits per heavy atom. The molecule has 0 bridgehead atoms. The summed E-state index contributed by atoms with van der Waals surface area (Å²) in [5.74, 6) is 2.03. The van der Waals surface area contributed by atoms with Gasteiger partial charge in [0.05, 0.1) is 6.26 Å². The van der Waals surface area contributed by atoms with Crippen LogP contribution in [0.3, 0.4) is 0 Å². The number of aliphatic imine (C=N–C) groups is 1. The Kier molecular flexibility index (Phi) is 7.15. The molecule has 2 atom stereocenters. The smallest absolute Gasteiger partial charge is 0.251 e. The Bertz CT molecular complexity index is 603. The van der Waals surface area contributed by atoms with E-state index < -0.39 is 0 Å². The number of carbonyl (C=O) groups is 1. The van der Waals surface area contributed by atoms with Crippen LogP contribution in [-0.2, 0) is 16.0 Å². The molecule has 1 aromatic heterocycles. The van der Waals surface area contributed by atoms with Crippen LogP contribution < -0.4 is 5.32 Å². The van der Waals surface area contributed by atoms with Gasteiger partial charge in [0.15, 0.2) is 5.96 Å². The van der Waals surface area contributed by atoms with Crippen LogP contribution in [0.25, 0.3) is 0 Å². The van der Waals surface area contributed by atoms with Gasteiger partial charge in [0.1, 0.15) is 11.9 Å². The summed E-state index contributed by atoms with van der Waals surface area (Å²) < 4.78 is 10.9. The van der Waals surface area contributed by atoms with Crippen LogP contribution in [0.15, 0.2) is 27.8 Å². The van der Waals surface area contributed by atoms with Gasteiger partial charge in [-0.15, -0.1) is 0 Å². The second-order valence-corrected chi connectivity index (χ2v) is 7.30. The van der Waals surface area contributed by atoms with Crippen LogP contribution in [0.4, 0.5) is 0 Å². The average Bonchev–Trinajstić information content (AvgIpc) is 3.40. The zero-order valence-electron chi connectivity index (χ0n) is 16.5. The molecule has 2 aliphatic rings. The number of furan rings is 1. The first-order chi connectivity index (χ1) is 13.2. The molecular weight excluding hydrogens is 344 g/mol. The van der Waals surface area contributed by atoms with Crippen molar-refractivity contribution in [2.24, 2.45) is 4.99 Å². The second-order valence-electron chi connectivity index (χ2n) is 7.30. The number of nitrogens with one attached hydrogen (secondary N) is 1. The maximum absolute atomic E-state index is 12.5. The molecule has 0 spiro atoms. The van der Waals surface area contributed by atoms with Crippen LogP contribution in [0.1, 0.15) is 38.9 Å². The second kappa shape index (κ2) is 9.78. The maximum atomic E-state index is 12.5. The largest absolute Gasteiger partial charge is 0.469 e. The summed E-state index contributed by atoms with van der Waals surface area (Å²) in [4.78, 5) is 21.5. The zero-order valence-corrected chi connectivity index (χ0v) is 16.5. The SMILES string of the molecule is CCC(C)NC(=NCCc1ccco1)N1CCN(C(=O)C2CCCO2)CC1. The van der Waals surface area contributed by atoms with Crippen LogP contribution in [0.5, 0.6) is 0 Å². The summed E-state index contributed by atoms with van der Waals surface area (Å²) in [6.07, 6.45) is 5.14. The van der Waals surface area contributed by atoms with Gasteiger partial charge in [-0.2, -0.15) is 0 Å². The summed E-state index contributed by atoms with van der Waals surface area (Å²) in [5, 5.41) is 3.53. The van der Waals surface area contributed by atoms with Crippen molar-refractivity contribution in [2.45, 2.75) is 51.7 Å². The summed E-state index contributed by atoms with van der Waals surface area (Å²) >= 11 is 0. The van der Waals surface area contributed by atoms with Crippen molar-refractivity contribution in [2.75, 3.05) is 39.3 Å². The van der Waals surface area contributed by atoms with Crippen LogP contribution in [0, 0.1) is 0 Å². The van der Waals surface area contributed by atoms with Gasteiger partial charge in [-0.05, 0) is 38.3 Å². The fourth-order valence-electron chi connectivity index (χ4n) is 3.40. The highest BCUT2D eigenvalue weighted by Crippen LogP contribution is 2.16. The van der Waals surface area contributed by atoms with E-state index in [1.165, 1.54) is 0 Å². The molecule has 150 valence electrons. The van der Waals surface area contributed by atoms with E-state index in [-0.39, 0.29) is 12.0 Å². The van der Waals surface area contributed by atoms with Crippen molar-refractivity contribution in [3.05, 3.63) is 24.2 Å². The van der Waals surface area contributed by atoms with Gasteiger partial charge in [-0.1, -0.05) is 6.92 Å². The highest BCUT2D eigenvalue weighted by Gasteiger charge is 2.31. The summed E-state index contributed by atoms with van der Waals surface area (Å²) in [6, 6.07) is 4.24. The lowest BCUT2D eigenvalue weighted by Gasteiger charge is -2.38. The third kappa shape index (κ3) is 5.48. The zero-order chi connectivity index (χ0) is 19.1. The van der Waals surface area contributed by atoms with E-state index in [0.717, 1.165) is 63.6 Å². The van der Waals surface area contributed by atoms with Crippen molar-refractivity contribution < 1.29 is 13.9 Å². The normalized spacial score (nSPS) is 22.1. The molecule has 0 aliphatic carbocycles. The Balaban J connectivity index is 1.55. The fraction of sp³-hybridized carbons (Fsp3) is 0.700. The van der Waals surface area contributed by atoms with Crippen LogP contribution in [-0.4, -0.2) is 73.1 Å². The lowest BCUT2D eigenvalue weighted by molar-refractivity contribution is -0.142. The van der Waals surface area contributed by atoms with Gasteiger partial charge in [0.2, 0.25) is 0 Å². The minimum Gasteiger partial charge on any atom is -0.469 e. The summed E-state index contributed by atoms with van der Waals surface area (Å²) in [6.45, 7) is 8.75. The molecule has 1 N–H and O–H groups in total. The number of rotatable bonds is 6. The summed E-state index contributed by atoms with van der Waals surface area (Å²) in [7, 11) is 0. The molecule has 3 rings (SSSR count). The number of hydrogen-bond acceptors (Lipinski definition) is 4. The predicted octanol–water partition coefficient (Wildman–Crippen LogP) is 1.89. The topological polar surface area (TPSA) is 70.3 Å². The van der Waals surface area contributed by atoms with Crippen molar-refractivity contribution in [3.63, 3.8) is 0 Å². The van der Waals surface area contributed by atoms with Crippen molar-refractivity contribution in [3.8, 4) is 0 Å². The summed E-state index contributed by atoms with van der Waals surface area (Å²) in [5.41, 5.74) is 0. The van der Waals surface area contributed by atoms with Gasteiger partial charge in [-0.3, -0.25) is 9.79 Å².